The minimum Gasteiger partial charge on any atom is -0.497 e. The molecule has 2 rings (SSSR count). The number of methoxy groups -OCH3 is 1. The Hall–Kier alpha value is -3.18. The molecule has 1 N–H and O–H groups in total. The van der Waals surface area contributed by atoms with E-state index in [0.717, 1.165) is 6.07 Å². The SMILES string of the molecule is COc1cccc(COC(=O)CNS(=O)(=O)c2ccc(N(C)C)c([N+](=O)[O-])c2)c1. The Morgan fingerprint density at radius 1 is 1.21 bits per heavy atom. The van der Waals surface area contributed by atoms with Gasteiger partial charge in [-0.3, -0.25) is 14.9 Å². The average Bonchev–Trinajstić information content (AvgIpc) is 2.70. The monoisotopic (exact) mass is 423 g/mol. The van der Waals surface area contributed by atoms with E-state index in [1.807, 2.05) is 0 Å². The van der Waals surface area contributed by atoms with Crippen molar-refractivity contribution in [1.29, 1.82) is 0 Å². The zero-order valence-corrected chi connectivity index (χ0v) is 16.9. The summed E-state index contributed by atoms with van der Waals surface area (Å²) in [6.45, 7) is -0.670. The van der Waals surface area contributed by atoms with Crippen LogP contribution in [0.4, 0.5) is 11.4 Å². The molecule has 0 fully saturated rings. The Bertz CT molecular complexity index is 1010. The highest BCUT2D eigenvalue weighted by Gasteiger charge is 2.23. The van der Waals surface area contributed by atoms with Crippen molar-refractivity contribution in [3.05, 3.63) is 58.1 Å². The van der Waals surface area contributed by atoms with Crippen molar-refractivity contribution in [3.63, 3.8) is 0 Å². The van der Waals surface area contributed by atoms with E-state index in [2.05, 4.69) is 4.72 Å². The molecule has 0 aliphatic heterocycles. The largest absolute Gasteiger partial charge is 0.497 e. The minimum atomic E-state index is -4.14. The molecule has 0 saturated heterocycles. The van der Waals surface area contributed by atoms with Gasteiger partial charge in [-0.05, 0) is 29.8 Å². The summed E-state index contributed by atoms with van der Waals surface area (Å²) in [5.74, 6) is -0.196. The number of nitro benzene ring substituents is 1. The fourth-order valence-corrected chi connectivity index (χ4v) is 3.40. The van der Waals surface area contributed by atoms with Crippen molar-refractivity contribution in [3.8, 4) is 5.75 Å². The number of esters is 1. The van der Waals surface area contributed by atoms with E-state index < -0.39 is 27.5 Å². The summed E-state index contributed by atoms with van der Waals surface area (Å²) in [6, 6.07) is 10.4. The highest BCUT2D eigenvalue weighted by molar-refractivity contribution is 7.89. The summed E-state index contributed by atoms with van der Waals surface area (Å²) in [5.41, 5.74) is 0.570. The number of ether oxygens (including phenoxy) is 2. The van der Waals surface area contributed by atoms with E-state index >= 15 is 0 Å². The number of carbonyl (C=O) groups excluding carboxylic acids is 1. The number of carbonyl (C=O) groups is 1. The lowest BCUT2D eigenvalue weighted by Crippen LogP contribution is -2.30. The Morgan fingerprint density at radius 3 is 2.55 bits per heavy atom. The molecule has 0 radical (unpaired) electrons. The predicted octanol–water partition coefficient (Wildman–Crippen LogP) is 1.69. The van der Waals surface area contributed by atoms with Crippen LogP contribution in [0.3, 0.4) is 0 Å². The molecule has 0 amide bonds. The molecule has 2 aromatic carbocycles. The van der Waals surface area contributed by atoms with Crippen molar-refractivity contribution in [2.75, 3.05) is 32.6 Å². The molecule has 0 heterocycles. The van der Waals surface area contributed by atoms with Gasteiger partial charge in [0.15, 0.2) is 0 Å². The van der Waals surface area contributed by atoms with Crippen LogP contribution in [0.15, 0.2) is 47.4 Å². The van der Waals surface area contributed by atoms with Crippen LogP contribution in [0, 0.1) is 10.1 Å². The van der Waals surface area contributed by atoms with Crippen molar-refractivity contribution in [2.24, 2.45) is 0 Å². The average molecular weight is 423 g/mol. The summed E-state index contributed by atoms with van der Waals surface area (Å²) in [6.07, 6.45) is 0. The van der Waals surface area contributed by atoms with Gasteiger partial charge in [0, 0.05) is 20.2 Å². The summed E-state index contributed by atoms with van der Waals surface area (Å²) in [4.78, 5) is 23.6. The molecule has 0 atom stereocenters. The van der Waals surface area contributed by atoms with Crippen molar-refractivity contribution in [2.45, 2.75) is 11.5 Å². The number of benzene rings is 2. The zero-order valence-electron chi connectivity index (χ0n) is 16.1. The van der Waals surface area contributed by atoms with Crippen molar-refractivity contribution < 1.29 is 27.6 Å². The number of hydrogen-bond acceptors (Lipinski definition) is 8. The number of nitrogens with one attached hydrogen (secondary N) is 1. The third-order valence-electron chi connectivity index (χ3n) is 3.88. The van der Waals surface area contributed by atoms with Crippen molar-refractivity contribution in [1.82, 2.24) is 4.72 Å². The highest BCUT2D eigenvalue weighted by atomic mass is 32.2. The molecule has 11 heteroatoms. The maximum Gasteiger partial charge on any atom is 0.321 e. The normalized spacial score (nSPS) is 11.0. The second kappa shape index (κ2) is 9.34. The Kier molecular flexibility index (Phi) is 7.13. The quantitative estimate of drug-likeness (QED) is 0.367. The minimum absolute atomic E-state index is 0.0548. The number of sulfonamides is 1. The maximum atomic E-state index is 12.4. The maximum absolute atomic E-state index is 12.4. The first-order valence-corrected chi connectivity index (χ1v) is 9.86. The van der Waals surface area contributed by atoms with Crippen LogP contribution in [-0.4, -0.2) is 47.1 Å². The van der Waals surface area contributed by atoms with E-state index in [0.29, 0.717) is 11.3 Å². The van der Waals surface area contributed by atoms with E-state index in [-0.39, 0.29) is 22.9 Å². The summed E-state index contributed by atoms with van der Waals surface area (Å²) in [5, 5.41) is 11.2. The van der Waals surface area contributed by atoms with Crippen LogP contribution < -0.4 is 14.4 Å². The second-order valence-electron chi connectivity index (χ2n) is 6.14. The summed E-state index contributed by atoms with van der Waals surface area (Å²) in [7, 11) is 0.577. The Labute approximate surface area is 168 Å². The van der Waals surface area contributed by atoms with Gasteiger partial charge in [-0.15, -0.1) is 0 Å². The molecular weight excluding hydrogens is 402 g/mol. The van der Waals surface area contributed by atoms with E-state index in [1.54, 1.807) is 38.4 Å². The molecular formula is C18H21N3O7S. The molecule has 0 bridgehead atoms. The van der Waals surface area contributed by atoms with E-state index in [1.165, 1.54) is 24.1 Å². The first kappa shape index (κ1) is 22.1. The molecule has 0 unspecified atom stereocenters. The van der Waals surface area contributed by atoms with Crippen LogP contribution in [0.1, 0.15) is 5.56 Å². The van der Waals surface area contributed by atoms with E-state index in [9.17, 15) is 23.3 Å². The fourth-order valence-electron chi connectivity index (χ4n) is 2.41. The topological polar surface area (TPSA) is 128 Å². The number of nitrogens with zero attached hydrogens (tertiary/aromatic N) is 2. The molecule has 10 nitrogen and oxygen atoms in total. The van der Waals surface area contributed by atoms with Gasteiger partial charge in [0.2, 0.25) is 10.0 Å². The summed E-state index contributed by atoms with van der Waals surface area (Å²) < 4.78 is 36.9. The van der Waals surface area contributed by atoms with Gasteiger partial charge < -0.3 is 14.4 Å². The zero-order chi connectivity index (χ0) is 21.6. The molecule has 0 spiro atoms. The number of hydrogen-bond donors (Lipinski definition) is 1. The highest BCUT2D eigenvalue weighted by Crippen LogP contribution is 2.29. The molecule has 2 aromatic rings. The van der Waals surface area contributed by atoms with Crippen LogP contribution in [0.5, 0.6) is 5.75 Å². The lowest BCUT2D eigenvalue weighted by Gasteiger charge is -2.14. The second-order valence-corrected chi connectivity index (χ2v) is 7.91. The first-order chi connectivity index (χ1) is 13.6. The molecule has 0 aromatic heterocycles. The molecule has 0 saturated carbocycles. The van der Waals surface area contributed by atoms with Gasteiger partial charge in [-0.2, -0.15) is 4.72 Å². The van der Waals surface area contributed by atoms with Gasteiger partial charge in [-0.1, -0.05) is 12.1 Å². The Balaban J connectivity index is 2.02. The van der Waals surface area contributed by atoms with E-state index in [4.69, 9.17) is 9.47 Å². The third-order valence-corrected chi connectivity index (χ3v) is 5.28. The molecule has 29 heavy (non-hydrogen) atoms. The van der Waals surface area contributed by atoms with Gasteiger partial charge in [0.1, 0.15) is 24.6 Å². The van der Waals surface area contributed by atoms with Gasteiger partial charge in [0.05, 0.1) is 16.9 Å². The molecule has 0 aliphatic carbocycles. The van der Waals surface area contributed by atoms with Crippen LogP contribution in [-0.2, 0) is 26.2 Å². The number of rotatable bonds is 9. The lowest BCUT2D eigenvalue weighted by atomic mass is 10.2. The predicted molar refractivity (Wildman–Crippen MR) is 105 cm³/mol. The van der Waals surface area contributed by atoms with Crippen LogP contribution in [0.2, 0.25) is 0 Å². The number of anilines is 1. The van der Waals surface area contributed by atoms with Crippen LogP contribution >= 0.6 is 0 Å². The smallest absolute Gasteiger partial charge is 0.321 e. The number of nitro groups is 1. The Morgan fingerprint density at radius 2 is 1.93 bits per heavy atom. The van der Waals surface area contributed by atoms with Gasteiger partial charge in [0.25, 0.3) is 5.69 Å². The molecule has 0 aliphatic rings. The fraction of sp³-hybridized carbons (Fsp3) is 0.278. The first-order valence-electron chi connectivity index (χ1n) is 8.38. The summed E-state index contributed by atoms with van der Waals surface area (Å²) >= 11 is 0. The molecule has 156 valence electrons. The van der Waals surface area contributed by atoms with Gasteiger partial charge in [-0.25, -0.2) is 8.42 Å². The third kappa shape index (κ3) is 5.90. The van der Waals surface area contributed by atoms with Gasteiger partial charge >= 0.3 is 5.97 Å². The van der Waals surface area contributed by atoms with Crippen molar-refractivity contribution >= 4 is 27.4 Å². The standard InChI is InChI=1S/C18H21N3O7S/c1-20(2)16-8-7-15(10-17(16)21(23)24)29(25,26)19-11-18(22)28-12-13-5-4-6-14(9-13)27-3/h4-10,19H,11-12H2,1-3H3. The lowest BCUT2D eigenvalue weighted by molar-refractivity contribution is -0.384. The van der Waals surface area contributed by atoms with Crippen LogP contribution in [0.25, 0.3) is 0 Å².